The van der Waals surface area contributed by atoms with Crippen molar-refractivity contribution in [1.82, 2.24) is 0 Å². The molecule has 0 radical (unpaired) electrons. The molecule has 28 nitrogen and oxygen atoms in total. The molecule has 0 aliphatic carbocycles. The quantitative estimate of drug-likeness (QED) is 0.0311. The summed E-state index contributed by atoms with van der Waals surface area (Å²) in [5.41, 5.74) is 0. The van der Waals surface area contributed by atoms with Crippen LogP contribution in [0, 0.1) is 0 Å². The Hall–Kier alpha value is 4.95. The van der Waals surface area contributed by atoms with Crippen LogP contribution >= 0.6 is 0 Å². The van der Waals surface area contributed by atoms with Crippen molar-refractivity contribution >= 4 is 241 Å². The Morgan fingerprint density at radius 2 is 0.188 bits per heavy atom. The summed E-state index contributed by atoms with van der Waals surface area (Å²) in [6, 6.07) is 0. The minimum absolute atomic E-state index is 1.28. The van der Waals surface area contributed by atoms with Gasteiger partial charge in [0.15, 0.2) is 9.04 Å². The van der Waals surface area contributed by atoms with Gasteiger partial charge in [-0.3, -0.25) is 9.15 Å². The van der Waals surface area contributed by atoms with Gasteiger partial charge in [0.1, 0.15) is 0 Å². The molecule has 674 valence electrons. The van der Waals surface area contributed by atoms with E-state index in [1.54, 1.807) is 0 Å². The summed E-state index contributed by atoms with van der Waals surface area (Å²) < 4.78 is 191. The van der Waals surface area contributed by atoms with Crippen LogP contribution in [0.2, 0.25) is 367 Å². The fraction of sp³-hybridized carbons (Fsp3) is 1.00. The smallest absolute Gasteiger partial charge is 0.358 e. The standard InChI is InChI=1S/C56H170O28Si28/c1-85(2)57-58-87(5,6)60-89(9,10)62-91(13,14)64-93(17,18)66-95(21,22)68-97(25,26)70-99(29,30)72-101(33,34)74-103(37,38)76-105(41,42)78-107(45,46)80-109(49,50)82-111(53,54)84-112(55,56)83-110(51,52)81-108(47,48)79-106(43,44)77-104(39,40)75-102(35,36)73-100(31,32)71-98(27,28)69-96(23,24)67-94(19,20)65-92(15,16)63-90(11,12)61-88(7,8)59-86(3)4/h85-86H,1-56H3. The average molecular weight is 2080 g/mol. The number of rotatable bonds is 55. The fourth-order valence-electron chi connectivity index (χ4n) is 16.1. The maximum Gasteiger partial charge on any atom is 0.358 e. The fourth-order valence-corrected chi connectivity index (χ4v) is 155. The Labute approximate surface area is 716 Å². The van der Waals surface area contributed by atoms with Gasteiger partial charge in [0.25, 0.3) is 0 Å². The molecule has 0 spiro atoms. The van der Waals surface area contributed by atoms with Gasteiger partial charge in [0.2, 0.25) is 9.04 Å². The SMILES string of the molecule is C[SiH](C)OO[Si](C)(C)O[Si](C)(C)O[Si](C)(C)O[Si](C)(C)O[Si](C)(C)O[Si](C)(C)O[Si](C)(C)O[Si](C)(C)O[Si](C)(C)O[Si](C)(C)O[Si](C)(C)O[Si](C)(C)O[Si](C)(C)O[Si](C)(C)O[Si](C)(C)O[Si](C)(C)O[Si](C)(C)O[Si](C)(C)O[Si](C)(C)O[Si](C)(C)O[Si](C)(C)O[Si](C)(C)O[Si](C)(C)O[Si](C)(C)O[Si](C)(C)O[Si](C)(C)O[SiH](C)C. The first-order chi connectivity index (χ1) is 48.0. The second kappa shape index (κ2) is 40.3. The first-order valence-electron chi connectivity index (χ1n) is 39.6. The molecule has 0 aliphatic heterocycles. The summed E-state index contributed by atoms with van der Waals surface area (Å²) in [6.07, 6.45) is 0. The van der Waals surface area contributed by atoms with Gasteiger partial charge < -0.3 is 107 Å². The molecule has 0 heterocycles. The predicted octanol–water partition coefficient (Wildman–Crippen LogP) is 19.6. The molecular weight excluding hydrogens is 1910 g/mol. The molecule has 56 heteroatoms. The van der Waals surface area contributed by atoms with Gasteiger partial charge in [-0.15, -0.1) is 0 Å². The van der Waals surface area contributed by atoms with E-state index in [9.17, 15) is 0 Å². The second-order valence-corrected chi connectivity index (χ2v) is 140. The van der Waals surface area contributed by atoms with Crippen LogP contribution in [0.25, 0.3) is 0 Å². The molecule has 0 aliphatic rings. The van der Waals surface area contributed by atoms with Crippen LogP contribution in [0.4, 0.5) is 0 Å². The molecule has 0 aromatic rings. The first kappa shape index (κ1) is 117. The molecule has 0 bridgehead atoms. The normalized spacial score (nSPS) is 16.1. The Morgan fingerprint density at radius 1 is 0.107 bits per heavy atom. The van der Waals surface area contributed by atoms with E-state index < -0.39 is 241 Å². The van der Waals surface area contributed by atoms with Crippen molar-refractivity contribution in [3.63, 3.8) is 0 Å². The van der Waals surface area contributed by atoms with E-state index in [1.807, 2.05) is 78.6 Å². The van der Waals surface area contributed by atoms with Gasteiger partial charge in [-0.1, -0.05) is 0 Å². The summed E-state index contributed by atoms with van der Waals surface area (Å²) in [5, 5.41) is 0. The van der Waals surface area contributed by atoms with Crippen LogP contribution in [-0.2, 0) is 116 Å². The Balaban J connectivity index is 5.93. The molecule has 0 N–H and O–H groups in total. The third-order valence-electron chi connectivity index (χ3n) is 13.3. The zero-order valence-corrected chi connectivity index (χ0v) is 110. The summed E-state index contributed by atoms with van der Waals surface area (Å²) in [4.78, 5) is 0. The van der Waals surface area contributed by atoms with E-state index >= 15 is 0 Å². The molecule has 0 aromatic carbocycles. The largest absolute Gasteiger partial charge is 0.440 e. The van der Waals surface area contributed by atoms with E-state index in [4.69, 9.17) is 116 Å². The lowest BCUT2D eigenvalue weighted by Gasteiger charge is -2.45. The van der Waals surface area contributed by atoms with Gasteiger partial charge in [0, 0.05) is 0 Å². The van der Waals surface area contributed by atoms with Crippen LogP contribution in [0.1, 0.15) is 0 Å². The highest BCUT2D eigenvalue weighted by atomic mass is 28.6. The van der Waals surface area contributed by atoms with Gasteiger partial charge in [-0.2, -0.15) is 0 Å². The number of hydrogen-bond donors (Lipinski definition) is 0. The molecule has 112 heavy (non-hydrogen) atoms. The highest BCUT2D eigenvalue weighted by Gasteiger charge is 2.57. The molecule has 0 atom stereocenters. The van der Waals surface area contributed by atoms with E-state index in [0.717, 1.165) is 0 Å². The van der Waals surface area contributed by atoms with Crippen LogP contribution in [-0.4, -0.2) is 241 Å². The summed E-state index contributed by atoms with van der Waals surface area (Å²) in [6.45, 7) is 115. The lowest BCUT2D eigenvalue weighted by molar-refractivity contribution is -0.132. The van der Waals surface area contributed by atoms with Crippen molar-refractivity contribution in [3.05, 3.63) is 0 Å². The van der Waals surface area contributed by atoms with Crippen molar-refractivity contribution in [2.45, 2.75) is 367 Å². The van der Waals surface area contributed by atoms with Crippen molar-refractivity contribution in [1.29, 1.82) is 0 Å². The summed E-state index contributed by atoms with van der Waals surface area (Å²) in [7, 11) is -76.1. The van der Waals surface area contributed by atoms with Gasteiger partial charge >= 0.3 is 223 Å². The van der Waals surface area contributed by atoms with Gasteiger partial charge in [-0.05, 0) is 367 Å². The van der Waals surface area contributed by atoms with Gasteiger partial charge in [-0.25, -0.2) is 0 Å². The van der Waals surface area contributed by atoms with Crippen molar-refractivity contribution < 1.29 is 116 Å². The van der Waals surface area contributed by atoms with Gasteiger partial charge in [0.05, 0.1) is 0 Å². The molecule has 0 unspecified atom stereocenters. The lowest BCUT2D eigenvalue weighted by atomic mass is 11.9. The Kier molecular flexibility index (Phi) is 42.1. The van der Waals surface area contributed by atoms with Crippen molar-refractivity contribution in [2.75, 3.05) is 0 Å². The zero-order chi connectivity index (χ0) is 90.0. The van der Waals surface area contributed by atoms with Crippen LogP contribution in [0.3, 0.4) is 0 Å². The molecule has 0 amide bonds. The predicted molar refractivity (Wildman–Crippen MR) is 523 cm³/mol. The minimum Gasteiger partial charge on any atom is -0.440 e. The summed E-state index contributed by atoms with van der Waals surface area (Å²) in [5.74, 6) is 0. The van der Waals surface area contributed by atoms with Crippen molar-refractivity contribution in [2.24, 2.45) is 0 Å². The topological polar surface area (TPSA) is 258 Å². The highest BCUT2D eigenvalue weighted by Crippen LogP contribution is 2.37. The van der Waals surface area contributed by atoms with E-state index in [1.165, 1.54) is 0 Å². The Morgan fingerprint density at radius 3 is 0.268 bits per heavy atom. The third kappa shape index (κ3) is 54.2. The third-order valence-corrected chi connectivity index (χ3v) is 117. The molecule has 0 saturated carbocycles. The molecule has 0 aromatic heterocycles. The zero-order valence-electron chi connectivity index (χ0n) is 81.6. The van der Waals surface area contributed by atoms with Crippen LogP contribution in [0.5, 0.6) is 0 Å². The number of hydrogen-bond acceptors (Lipinski definition) is 28. The maximum atomic E-state index is 7.01. The minimum atomic E-state index is -2.92. The second-order valence-electron chi connectivity index (χ2n) is 41.3. The maximum absolute atomic E-state index is 7.01. The van der Waals surface area contributed by atoms with Crippen molar-refractivity contribution in [3.8, 4) is 0 Å². The Bertz CT molecular complexity index is 2900. The molecule has 0 rings (SSSR count). The van der Waals surface area contributed by atoms with E-state index in [0.29, 0.717) is 0 Å². The van der Waals surface area contributed by atoms with Crippen LogP contribution < -0.4 is 0 Å². The monoisotopic (exact) mass is 2070 g/mol. The molecular formula is C56H170O28Si28. The first-order valence-corrected chi connectivity index (χ1v) is 118. The lowest BCUT2D eigenvalue weighted by Crippen LogP contribution is -2.63. The van der Waals surface area contributed by atoms with Crippen LogP contribution in [0.15, 0.2) is 0 Å². The van der Waals surface area contributed by atoms with E-state index in [2.05, 4.69) is 288 Å². The highest BCUT2D eigenvalue weighted by molar-refractivity contribution is 6.98. The summed E-state index contributed by atoms with van der Waals surface area (Å²) >= 11 is 0. The average Bonchev–Trinajstić information content (AvgIpc) is 0.806. The molecule has 0 saturated heterocycles. The van der Waals surface area contributed by atoms with E-state index in [-0.39, 0.29) is 0 Å². The molecule has 0 fully saturated rings.